The zero-order valence-corrected chi connectivity index (χ0v) is 20.4. The zero-order valence-electron chi connectivity index (χ0n) is 18.1. The van der Waals surface area contributed by atoms with Gasteiger partial charge in [0.15, 0.2) is 5.96 Å². The van der Waals surface area contributed by atoms with Crippen molar-refractivity contribution in [1.82, 2.24) is 20.0 Å². The van der Waals surface area contributed by atoms with E-state index >= 15 is 0 Å². The van der Waals surface area contributed by atoms with Crippen molar-refractivity contribution in [1.29, 1.82) is 0 Å². The number of piperazine rings is 1. The molecule has 1 amide bonds. The van der Waals surface area contributed by atoms with E-state index in [-0.39, 0.29) is 30.0 Å². The molecular formula is C21H38IN5O2. The summed E-state index contributed by atoms with van der Waals surface area (Å²) in [6, 6.07) is -0.0137. The van der Waals surface area contributed by atoms with Crippen molar-refractivity contribution in [2.24, 2.45) is 4.99 Å². The van der Waals surface area contributed by atoms with Gasteiger partial charge in [-0.05, 0) is 39.5 Å². The Morgan fingerprint density at radius 1 is 1.17 bits per heavy atom. The first-order chi connectivity index (χ1) is 13.7. The Balaban J connectivity index is 0.00000300. The smallest absolute Gasteiger partial charge is 0.239 e. The van der Waals surface area contributed by atoms with Gasteiger partial charge in [0.1, 0.15) is 0 Å². The van der Waals surface area contributed by atoms with Gasteiger partial charge in [-0.15, -0.1) is 24.0 Å². The van der Waals surface area contributed by atoms with Crippen LogP contribution < -0.4 is 5.32 Å². The van der Waals surface area contributed by atoms with Crippen LogP contribution in [0.5, 0.6) is 0 Å². The second kappa shape index (κ2) is 12.7. The summed E-state index contributed by atoms with van der Waals surface area (Å²) in [5.41, 5.74) is 1.46. The molecule has 29 heavy (non-hydrogen) atoms. The Morgan fingerprint density at radius 2 is 1.90 bits per heavy atom. The van der Waals surface area contributed by atoms with Crippen LogP contribution in [0.15, 0.2) is 16.6 Å². The van der Waals surface area contributed by atoms with Crippen LogP contribution >= 0.6 is 24.0 Å². The van der Waals surface area contributed by atoms with Crippen molar-refractivity contribution < 1.29 is 9.53 Å². The fourth-order valence-electron chi connectivity index (χ4n) is 4.20. The highest BCUT2D eigenvalue weighted by Gasteiger charge is 2.30. The summed E-state index contributed by atoms with van der Waals surface area (Å²) in [5.74, 6) is 1.31. The summed E-state index contributed by atoms with van der Waals surface area (Å²) >= 11 is 0. The summed E-state index contributed by atoms with van der Waals surface area (Å²) < 4.78 is 5.38. The van der Waals surface area contributed by atoms with Gasteiger partial charge in [-0.1, -0.05) is 11.6 Å². The molecule has 3 rings (SSSR count). The van der Waals surface area contributed by atoms with Crippen LogP contribution in [-0.2, 0) is 9.53 Å². The van der Waals surface area contributed by atoms with E-state index in [1.54, 1.807) is 0 Å². The zero-order chi connectivity index (χ0) is 19.8. The molecule has 0 radical (unpaired) electrons. The molecule has 0 aromatic rings. The van der Waals surface area contributed by atoms with Crippen LogP contribution in [0.25, 0.3) is 0 Å². The maximum absolute atomic E-state index is 12.7. The maximum atomic E-state index is 12.7. The number of carbonyl (C=O) groups excluding carboxylic acids is 1. The highest BCUT2D eigenvalue weighted by atomic mass is 127. The van der Waals surface area contributed by atoms with E-state index in [0.29, 0.717) is 5.91 Å². The highest BCUT2D eigenvalue weighted by Crippen LogP contribution is 2.15. The van der Waals surface area contributed by atoms with Crippen molar-refractivity contribution in [2.75, 3.05) is 65.6 Å². The molecule has 1 unspecified atom stereocenters. The normalized spacial score (nSPS) is 22.1. The number of hydrogen-bond acceptors (Lipinski definition) is 4. The number of amides is 1. The largest absolute Gasteiger partial charge is 0.377 e. The predicted octanol–water partition coefficient (Wildman–Crippen LogP) is 1.94. The van der Waals surface area contributed by atoms with Gasteiger partial charge in [-0.25, -0.2) is 0 Å². The minimum atomic E-state index is -0.0137. The molecule has 1 atom stereocenters. The van der Waals surface area contributed by atoms with Gasteiger partial charge >= 0.3 is 0 Å². The SMILES string of the molecule is CCNC(=NCCC1=CCOCC1)N1CCN(C(C)C(=O)N2CCCC2)CC1.I. The Labute approximate surface area is 192 Å². The van der Waals surface area contributed by atoms with Crippen LogP contribution in [0.4, 0.5) is 0 Å². The highest BCUT2D eigenvalue weighted by molar-refractivity contribution is 14.0. The molecule has 3 heterocycles. The van der Waals surface area contributed by atoms with Crippen molar-refractivity contribution in [2.45, 2.75) is 45.6 Å². The molecule has 8 heteroatoms. The molecule has 3 aliphatic rings. The lowest BCUT2D eigenvalue weighted by molar-refractivity contribution is -0.135. The summed E-state index contributed by atoms with van der Waals surface area (Å²) in [5, 5.41) is 3.44. The van der Waals surface area contributed by atoms with Crippen molar-refractivity contribution in [3.8, 4) is 0 Å². The van der Waals surface area contributed by atoms with E-state index < -0.39 is 0 Å². The number of aliphatic imine (C=N–C) groups is 1. The van der Waals surface area contributed by atoms with E-state index in [0.717, 1.165) is 97.2 Å². The number of nitrogens with one attached hydrogen (secondary N) is 1. The minimum absolute atomic E-state index is 0. The number of ether oxygens (including phenoxy) is 1. The minimum Gasteiger partial charge on any atom is -0.377 e. The van der Waals surface area contributed by atoms with Gasteiger partial charge in [0, 0.05) is 52.4 Å². The molecule has 166 valence electrons. The summed E-state index contributed by atoms with van der Waals surface area (Å²) in [6.07, 6.45) is 6.55. The van der Waals surface area contributed by atoms with Crippen molar-refractivity contribution in [3.05, 3.63) is 11.6 Å². The number of nitrogens with zero attached hydrogens (tertiary/aromatic N) is 4. The lowest BCUT2D eigenvalue weighted by Crippen LogP contribution is -2.57. The first-order valence-corrected chi connectivity index (χ1v) is 11.0. The predicted molar refractivity (Wildman–Crippen MR) is 128 cm³/mol. The number of hydrogen-bond donors (Lipinski definition) is 1. The van der Waals surface area contributed by atoms with Crippen molar-refractivity contribution >= 4 is 35.8 Å². The summed E-state index contributed by atoms with van der Waals surface area (Å²) in [6.45, 7) is 13.0. The molecule has 0 spiro atoms. The lowest BCUT2D eigenvalue weighted by Gasteiger charge is -2.39. The molecule has 2 fully saturated rings. The summed E-state index contributed by atoms with van der Waals surface area (Å²) in [7, 11) is 0. The molecule has 0 aromatic carbocycles. The number of guanidine groups is 1. The van der Waals surface area contributed by atoms with Crippen molar-refractivity contribution in [3.63, 3.8) is 0 Å². The Bertz CT molecular complexity index is 569. The van der Waals surface area contributed by atoms with E-state index in [1.165, 1.54) is 5.57 Å². The van der Waals surface area contributed by atoms with E-state index in [1.807, 2.05) is 4.90 Å². The van der Waals surface area contributed by atoms with Gasteiger partial charge in [0.25, 0.3) is 0 Å². The van der Waals surface area contributed by atoms with Crippen LogP contribution in [0.1, 0.15) is 39.5 Å². The second-order valence-electron chi connectivity index (χ2n) is 7.90. The van der Waals surface area contributed by atoms with Crippen LogP contribution in [-0.4, -0.2) is 98.2 Å². The third-order valence-electron chi connectivity index (χ3n) is 6.02. The molecule has 0 bridgehead atoms. The lowest BCUT2D eigenvalue weighted by atomic mass is 10.1. The number of rotatable bonds is 6. The number of likely N-dealkylation sites (tertiary alicyclic amines) is 1. The molecule has 1 N–H and O–H groups in total. The quantitative estimate of drug-likeness (QED) is 0.252. The standard InChI is InChI=1S/C21H37N5O2.HI/c1-3-22-21(23-9-6-19-7-16-28-17-8-19)26-14-12-24(13-15-26)18(2)20(27)25-10-4-5-11-25;/h7,18H,3-6,8-17H2,1-2H3,(H,22,23);1H. The monoisotopic (exact) mass is 519 g/mol. The average Bonchev–Trinajstić information content (AvgIpc) is 3.28. The number of carbonyl (C=O) groups is 1. The Hall–Kier alpha value is -0.870. The van der Waals surface area contributed by atoms with E-state index in [2.05, 4.69) is 35.0 Å². The molecule has 0 saturated carbocycles. The molecule has 3 aliphatic heterocycles. The fraction of sp³-hybridized carbons (Fsp3) is 0.810. The van der Waals surface area contributed by atoms with Crippen LogP contribution in [0.3, 0.4) is 0 Å². The molecule has 2 saturated heterocycles. The van der Waals surface area contributed by atoms with Gasteiger partial charge in [-0.2, -0.15) is 0 Å². The van der Waals surface area contributed by atoms with E-state index in [9.17, 15) is 4.79 Å². The Morgan fingerprint density at radius 3 is 2.52 bits per heavy atom. The fourth-order valence-corrected chi connectivity index (χ4v) is 4.20. The molecule has 0 aromatic heterocycles. The van der Waals surface area contributed by atoms with Gasteiger partial charge in [0.05, 0.1) is 19.3 Å². The summed E-state index contributed by atoms with van der Waals surface area (Å²) in [4.78, 5) is 24.2. The first kappa shape index (κ1) is 24.4. The molecule has 0 aliphatic carbocycles. The Kier molecular flexibility index (Phi) is 10.7. The number of halogens is 1. The second-order valence-corrected chi connectivity index (χ2v) is 7.90. The van der Waals surface area contributed by atoms with Gasteiger partial charge in [-0.3, -0.25) is 14.7 Å². The first-order valence-electron chi connectivity index (χ1n) is 11.0. The average molecular weight is 519 g/mol. The third-order valence-corrected chi connectivity index (χ3v) is 6.02. The topological polar surface area (TPSA) is 60.4 Å². The molecular weight excluding hydrogens is 481 g/mol. The van der Waals surface area contributed by atoms with Gasteiger partial charge < -0.3 is 19.9 Å². The van der Waals surface area contributed by atoms with Crippen LogP contribution in [0.2, 0.25) is 0 Å². The van der Waals surface area contributed by atoms with Crippen LogP contribution in [0, 0.1) is 0 Å². The molecule has 7 nitrogen and oxygen atoms in total. The van der Waals surface area contributed by atoms with E-state index in [4.69, 9.17) is 9.73 Å². The van der Waals surface area contributed by atoms with Gasteiger partial charge in [0.2, 0.25) is 5.91 Å². The third kappa shape index (κ3) is 7.10. The maximum Gasteiger partial charge on any atom is 0.239 e.